The lowest BCUT2D eigenvalue weighted by Crippen LogP contribution is -2.18. The summed E-state index contributed by atoms with van der Waals surface area (Å²) in [6, 6.07) is 12.0. The molecule has 3 nitrogen and oxygen atoms in total. The Morgan fingerprint density at radius 3 is 2.78 bits per heavy atom. The van der Waals surface area contributed by atoms with Gasteiger partial charge in [-0.3, -0.25) is 9.88 Å². The SMILES string of the molecule is CN(Cc1cccc(Br)c1)Cc1ncccc1N. The third-order valence-corrected chi connectivity index (χ3v) is 3.18. The van der Waals surface area contributed by atoms with E-state index in [1.165, 1.54) is 5.56 Å². The number of anilines is 1. The summed E-state index contributed by atoms with van der Waals surface area (Å²) in [5, 5.41) is 0. The molecule has 18 heavy (non-hydrogen) atoms. The topological polar surface area (TPSA) is 42.2 Å². The van der Waals surface area contributed by atoms with E-state index in [0.717, 1.165) is 28.9 Å². The Kier molecular flexibility index (Phi) is 4.33. The number of nitrogens with two attached hydrogens (primary N) is 1. The Balaban J connectivity index is 2.01. The summed E-state index contributed by atoms with van der Waals surface area (Å²) in [5.74, 6) is 0. The molecular weight excluding hydrogens is 290 g/mol. The first-order valence-corrected chi connectivity index (χ1v) is 6.57. The predicted octanol–water partition coefficient (Wildman–Crippen LogP) is 3.06. The monoisotopic (exact) mass is 305 g/mol. The maximum absolute atomic E-state index is 5.89. The number of halogens is 1. The van der Waals surface area contributed by atoms with Gasteiger partial charge < -0.3 is 5.73 Å². The molecule has 0 amide bonds. The van der Waals surface area contributed by atoms with Crippen molar-refractivity contribution in [1.29, 1.82) is 0 Å². The van der Waals surface area contributed by atoms with Crippen molar-refractivity contribution in [3.63, 3.8) is 0 Å². The van der Waals surface area contributed by atoms with Gasteiger partial charge >= 0.3 is 0 Å². The quantitative estimate of drug-likeness (QED) is 0.944. The molecule has 0 aliphatic rings. The third kappa shape index (κ3) is 3.55. The molecule has 0 bridgehead atoms. The lowest BCUT2D eigenvalue weighted by atomic mass is 10.2. The van der Waals surface area contributed by atoms with E-state index in [-0.39, 0.29) is 0 Å². The van der Waals surface area contributed by atoms with Gasteiger partial charge in [0, 0.05) is 23.8 Å². The maximum Gasteiger partial charge on any atom is 0.0772 e. The standard InChI is InChI=1S/C14H16BrN3/c1-18(9-11-4-2-5-12(15)8-11)10-14-13(16)6-3-7-17-14/h2-8H,9-10,16H2,1H3. The van der Waals surface area contributed by atoms with E-state index >= 15 is 0 Å². The second-order valence-corrected chi connectivity index (χ2v) is 5.26. The second-order valence-electron chi connectivity index (χ2n) is 4.34. The maximum atomic E-state index is 5.89. The molecule has 4 heteroatoms. The molecule has 0 spiro atoms. The highest BCUT2D eigenvalue weighted by Gasteiger charge is 2.05. The highest BCUT2D eigenvalue weighted by atomic mass is 79.9. The Morgan fingerprint density at radius 2 is 2.06 bits per heavy atom. The van der Waals surface area contributed by atoms with E-state index in [2.05, 4.69) is 45.0 Å². The van der Waals surface area contributed by atoms with Crippen molar-refractivity contribution in [1.82, 2.24) is 9.88 Å². The van der Waals surface area contributed by atoms with Gasteiger partial charge in [-0.1, -0.05) is 28.1 Å². The zero-order chi connectivity index (χ0) is 13.0. The molecule has 2 aromatic rings. The molecule has 2 rings (SSSR count). The van der Waals surface area contributed by atoms with Gasteiger partial charge in [0.2, 0.25) is 0 Å². The van der Waals surface area contributed by atoms with Crippen molar-refractivity contribution in [3.8, 4) is 0 Å². The van der Waals surface area contributed by atoms with E-state index in [1.807, 2.05) is 24.3 Å². The Morgan fingerprint density at radius 1 is 1.22 bits per heavy atom. The Labute approximate surface area is 116 Å². The summed E-state index contributed by atoms with van der Waals surface area (Å²) in [7, 11) is 2.06. The lowest BCUT2D eigenvalue weighted by Gasteiger charge is -2.17. The van der Waals surface area contributed by atoms with Crippen molar-refractivity contribution in [2.45, 2.75) is 13.1 Å². The number of rotatable bonds is 4. The summed E-state index contributed by atoms with van der Waals surface area (Å²) >= 11 is 3.48. The number of nitrogens with zero attached hydrogens (tertiary/aromatic N) is 2. The lowest BCUT2D eigenvalue weighted by molar-refractivity contribution is 0.315. The van der Waals surface area contributed by atoms with E-state index in [1.54, 1.807) is 6.20 Å². The molecule has 1 heterocycles. The van der Waals surface area contributed by atoms with Gasteiger partial charge in [-0.15, -0.1) is 0 Å². The fourth-order valence-electron chi connectivity index (χ4n) is 1.84. The largest absolute Gasteiger partial charge is 0.397 e. The van der Waals surface area contributed by atoms with Crippen LogP contribution in [0.15, 0.2) is 47.1 Å². The van der Waals surface area contributed by atoms with Gasteiger partial charge in [-0.05, 0) is 36.9 Å². The molecule has 0 aliphatic heterocycles. The molecule has 0 radical (unpaired) electrons. The first kappa shape index (κ1) is 13.1. The van der Waals surface area contributed by atoms with Crippen LogP contribution in [0.4, 0.5) is 5.69 Å². The minimum Gasteiger partial charge on any atom is -0.397 e. The van der Waals surface area contributed by atoms with Crippen LogP contribution in [0.2, 0.25) is 0 Å². The first-order chi connectivity index (χ1) is 8.65. The first-order valence-electron chi connectivity index (χ1n) is 5.77. The zero-order valence-electron chi connectivity index (χ0n) is 10.3. The number of aromatic nitrogens is 1. The van der Waals surface area contributed by atoms with Gasteiger partial charge in [-0.25, -0.2) is 0 Å². The van der Waals surface area contributed by atoms with Crippen LogP contribution < -0.4 is 5.73 Å². The molecular formula is C14H16BrN3. The zero-order valence-corrected chi connectivity index (χ0v) is 11.9. The van der Waals surface area contributed by atoms with E-state index in [9.17, 15) is 0 Å². The summed E-state index contributed by atoms with van der Waals surface area (Å²) in [6.07, 6.45) is 1.78. The van der Waals surface area contributed by atoms with Crippen LogP contribution in [-0.4, -0.2) is 16.9 Å². The molecule has 0 atom stereocenters. The van der Waals surface area contributed by atoms with E-state index in [4.69, 9.17) is 5.73 Å². The summed E-state index contributed by atoms with van der Waals surface area (Å²) in [4.78, 5) is 6.50. The van der Waals surface area contributed by atoms with Crippen molar-refractivity contribution in [3.05, 3.63) is 58.3 Å². The number of hydrogen-bond donors (Lipinski definition) is 1. The average Bonchev–Trinajstić information content (AvgIpc) is 2.32. The molecule has 0 aliphatic carbocycles. The van der Waals surface area contributed by atoms with Gasteiger partial charge in [0.25, 0.3) is 0 Å². The van der Waals surface area contributed by atoms with Crippen molar-refractivity contribution in [2.75, 3.05) is 12.8 Å². The normalized spacial score (nSPS) is 10.8. The number of nitrogen functional groups attached to an aromatic ring is 1. The molecule has 0 fully saturated rings. The van der Waals surface area contributed by atoms with Crippen LogP contribution >= 0.6 is 15.9 Å². The Hall–Kier alpha value is -1.39. The van der Waals surface area contributed by atoms with Gasteiger partial charge in [0.05, 0.1) is 11.4 Å². The van der Waals surface area contributed by atoms with Crippen LogP contribution in [0, 0.1) is 0 Å². The fourth-order valence-corrected chi connectivity index (χ4v) is 2.29. The van der Waals surface area contributed by atoms with E-state index in [0.29, 0.717) is 0 Å². The van der Waals surface area contributed by atoms with Crippen LogP contribution in [0.5, 0.6) is 0 Å². The second kappa shape index (κ2) is 5.98. The van der Waals surface area contributed by atoms with Crippen molar-refractivity contribution in [2.24, 2.45) is 0 Å². The van der Waals surface area contributed by atoms with E-state index < -0.39 is 0 Å². The smallest absolute Gasteiger partial charge is 0.0772 e. The summed E-state index contributed by atoms with van der Waals surface area (Å²) in [5.41, 5.74) is 8.83. The summed E-state index contributed by atoms with van der Waals surface area (Å²) in [6.45, 7) is 1.62. The Bertz CT molecular complexity index is 528. The molecule has 0 unspecified atom stereocenters. The molecule has 1 aromatic heterocycles. The number of hydrogen-bond acceptors (Lipinski definition) is 3. The number of pyridine rings is 1. The van der Waals surface area contributed by atoms with Crippen LogP contribution in [0.25, 0.3) is 0 Å². The highest BCUT2D eigenvalue weighted by molar-refractivity contribution is 9.10. The average molecular weight is 306 g/mol. The minimum atomic E-state index is 0.749. The molecule has 0 saturated carbocycles. The minimum absolute atomic E-state index is 0.749. The van der Waals surface area contributed by atoms with Crippen LogP contribution in [0.1, 0.15) is 11.3 Å². The fraction of sp³-hybridized carbons (Fsp3) is 0.214. The summed E-state index contributed by atoms with van der Waals surface area (Å²) < 4.78 is 1.10. The van der Waals surface area contributed by atoms with Gasteiger partial charge in [0.1, 0.15) is 0 Å². The predicted molar refractivity (Wildman–Crippen MR) is 78.0 cm³/mol. The third-order valence-electron chi connectivity index (χ3n) is 2.69. The highest BCUT2D eigenvalue weighted by Crippen LogP contribution is 2.15. The van der Waals surface area contributed by atoms with Gasteiger partial charge in [0.15, 0.2) is 0 Å². The number of benzene rings is 1. The van der Waals surface area contributed by atoms with Crippen molar-refractivity contribution < 1.29 is 0 Å². The molecule has 94 valence electrons. The van der Waals surface area contributed by atoms with Crippen molar-refractivity contribution >= 4 is 21.6 Å². The van der Waals surface area contributed by atoms with Crippen LogP contribution in [0.3, 0.4) is 0 Å². The molecule has 2 N–H and O–H groups in total. The molecule has 1 aromatic carbocycles. The van der Waals surface area contributed by atoms with Crippen LogP contribution in [-0.2, 0) is 13.1 Å². The van der Waals surface area contributed by atoms with Gasteiger partial charge in [-0.2, -0.15) is 0 Å². The molecule has 0 saturated heterocycles.